The number of aliphatic hydroxyl groups excluding tert-OH is 1. The normalized spacial score (nSPS) is 24.4. The fraction of sp³-hybridized carbons (Fsp3) is 0.571. The maximum absolute atomic E-state index is 12.5. The Morgan fingerprint density at radius 3 is 2.37 bits per heavy atom. The summed E-state index contributed by atoms with van der Waals surface area (Å²) in [6, 6.07) is 5.23. The van der Waals surface area contributed by atoms with Gasteiger partial charge in [0.25, 0.3) is 0 Å². The monoisotopic (exact) mass is 273 g/mol. The lowest BCUT2D eigenvalue weighted by Gasteiger charge is -2.36. The van der Waals surface area contributed by atoms with E-state index in [9.17, 15) is 18.3 Å². The fourth-order valence-corrected chi connectivity index (χ4v) is 2.62. The molecule has 2 rings (SSSR count). The van der Waals surface area contributed by atoms with E-state index >= 15 is 0 Å². The third kappa shape index (κ3) is 3.48. The van der Waals surface area contributed by atoms with E-state index in [0.29, 0.717) is 13.0 Å². The largest absolute Gasteiger partial charge is 0.416 e. The van der Waals surface area contributed by atoms with E-state index in [-0.39, 0.29) is 12.0 Å². The minimum atomic E-state index is -4.29. The van der Waals surface area contributed by atoms with Crippen LogP contribution in [-0.4, -0.2) is 24.8 Å². The van der Waals surface area contributed by atoms with Crippen LogP contribution in [0.5, 0.6) is 0 Å². The maximum atomic E-state index is 12.5. The number of aliphatic hydroxyl groups is 1. The Morgan fingerprint density at radius 2 is 1.89 bits per heavy atom. The lowest BCUT2D eigenvalue weighted by atomic mass is 9.76. The van der Waals surface area contributed by atoms with Crippen LogP contribution >= 0.6 is 0 Å². The minimum absolute atomic E-state index is 0.0566. The summed E-state index contributed by atoms with van der Waals surface area (Å²) in [6.07, 6.45) is -1.80. The predicted molar refractivity (Wildman–Crippen MR) is 66.8 cm³/mol. The van der Waals surface area contributed by atoms with Crippen LogP contribution in [0.3, 0.4) is 0 Å². The first kappa shape index (κ1) is 14.3. The number of piperidine rings is 1. The standard InChI is InChI=1S/C14H18F3NO/c15-14(16,17)12-4-2-11(3-5-12)8-13(10-19)6-1-7-18-9-13/h2-5,18-19H,1,6-10H2. The Balaban J connectivity index is 2.10. The molecule has 5 heteroatoms. The van der Waals surface area contributed by atoms with Gasteiger partial charge in [0.05, 0.1) is 12.2 Å². The average molecular weight is 273 g/mol. The molecule has 0 aromatic heterocycles. The summed E-state index contributed by atoms with van der Waals surface area (Å²) >= 11 is 0. The van der Waals surface area contributed by atoms with Gasteiger partial charge in [0.15, 0.2) is 0 Å². The molecule has 1 saturated heterocycles. The molecule has 0 aliphatic carbocycles. The second-order valence-electron chi connectivity index (χ2n) is 5.31. The second kappa shape index (κ2) is 5.51. The first-order valence-corrected chi connectivity index (χ1v) is 6.43. The number of nitrogens with one attached hydrogen (secondary N) is 1. The summed E-state index contributed by atoms with van der Waals surface area (Å²) in [4.78, 5) is 0. The quantitative estimate of drug-likeness (QED) is 0.887. The summed E-state index contributed by atoms with van der Waals surface area (Å²) in [6.45, 7) is 1.71. The van der Waals surface area contributed by atoms with Crippen molar-refractivity contribution in [1.82, 2.24) is 5.32 Å². The van der Waals surface area contributed by atoms with Gasteiger partial charge in [-0.15, -0.1) is 0 Å². The van der Waals surface area contributed by atoms with Gasteiger partial charge in [0.2, 0.25) is 0 Å². The molecular weight excluding hydrogens is 255 g/mol. The topological polar surface area (TPSA) is 32.3 Å². The zero-order chi connectivity index (χ0) is 13.9. The van der Waals surface area contributed by atoms with Gasteiger partial charge in [0.1, 0.15) is 0 Å². The fourth-order valence-electron chi connectivity index (χ4n) is 2.62. The molecule has 1 unspecified atom stereocenters. The highest BCUT2D eigenvalue weighted by molar-refractivity contribution is 5.25. The number of halogens is 3. The van der Waals surface area contributed by atoms with Crippen molar-refractivity contribution in [2.45, 2.75) is 25.4 Å². The number of alkyl halides is 3. The van der Waals surface area contributed by atoms with Gasteiger partial charge < -0.3 is 10.4 Å². The zero-order valence-electron chi connectivity index (χ0n) is 10.6. The highest BCUT2D eigenvalue weighted by atomic mass is 19.4. The van der Waals surface area contributed by atoms with E-state index in [4.69, 9.17) is 0 Å². The van der Waals surface area contributed by atoms with E-state index in [2.05, 4.69) is 5.32 Å². The maximum Gasteiger partial charge on any atom is 0.416 e. The van der Waals surface area contributed by atoms with E-state index < -0.39 is 11.7 Å². The summed E-state index contributed by atoms with van der Waals surface area (Å²) in [5, 5.41) is 12.8. The molecule has 1 aliphatic heterocycles. The molecule has 1 aromatic rings. The van der Waals surface area contributed by atoms with Crippen molar-refractivity contribution in [2.24, 2.45) is 5.41 Å². The first-order chi connectivity index (χ1) is 8.95. The van der Waals surface area contributed by atoms with Gasteiger partial charge in [-0.25, -0.2) is 0 Å². The zero-order valence-corrected chi connectivity index (χ0v) is 10.6. The SMILES string of the molecule is OCC1(Cc2ccc(C(F)(F)F)cc2)CCCNC1. The average Bonchev–Trinajstić information content (AvgIpc) is 2.39. The van der Waals surface area contributed by atoms with Crippen LogP contribution in [0.2, 0.25) is 0 Å². The highest BCUT2D eigenvalue weighted by Gasteiger charge is 2.33. The summed E-state index contributed by atoms with van der Waals surface area (Å²) in [5.74, 6) is 0. The Bertz CT molecular complexity index is 408. The van der Waals surface area contributed by atoms with Crippen molar-refractivity contribution in [2.75, 3.05) is 19.7 Å². The van der Waals surface area contributed by atoms with Gasteiger partial charge in [0, 0.05) is 12.0 Å². The van der Waals surface area contributed by atoms with Crippen LogP contribution in [0.1, 0.15) is 24.0 Å². The van der Waals surface area contributed by atoms with Crippen LogP contribution in [0, 0.1) is 5.41 Å². The number of hydrogen-bond acceptors (Lipinski definition) is 2. The van der Waals surface area contributed by atoms with Gasteiger partial charge >= 0.3 is 6.18 Å². The molecule has 0 spiro atoms. The second-order valence-corrected chi connectivity index (χ2v) is 5.31. The molecule has 1 heterocycles. The van der Waals surface area contributed by atoms with Gasteiger partial charge in [-0.1, -0.05) is 12.1 Å². The molecule has 0 saturated carbocycles. The van der Waals surface area contributed by atoms with Crippen molar-refractivity contribution in [3.63, 3.8) is 0 Å². The number of benzene rings is 1. The minimum Gasteiger partial charge on any atom is -0.396 e. The lowest BCUT2D eigenvalue weighted by molar-refractivity contribution is -0.137. The molecule has 19 heavy (non-hydrogen) atoms. The molecule has 1 fully saturated rings. The molecule has 106 valence electrons. The van der Waals surface area contributed by atoms with Crippen LogP contribution < -0.4 is 5.32 Å². The Morgan fingerprint density at radius 1 is 1.21 bits per heavy atom. The van der Waals surface area contributed by atoms with Gasteiger partial charge in [-0.3, -0.25) is 0 Å². The van der Waals surface area contributed by atoms with Crippen LogP contribution in [0.4, 0.5) is 13.2 Å². The molecular formula is C14H18F3NO. The Labute approximate surface area is 110 Å². The van der Waals surface area contributed by atoms with Crippen molar-refractivity contribution >= 4 is 0 Å². The van der Waals surface area contributed by atoms with Crippen molar-refractivity contribution in [3.8, 4) is 0 Å². The smallest absolute Gasteiger partial charge is 0.396 e. The predicted octanol–water partition coefficient (Wildman–Crippen LogP) is 2.61. The highest BCUT2D eigenvalue weighted by Crippen LogP contribution is 2.32. The van der Waals surface area contributed by atoms with Crippen LogP contribution in [0.15, 0.2) is 24.3 Å². The van der Waals surface area contributed by atoms with Crippen LogP contribution in [0.25, 0.3) is 0 Å². The molecule has 1 atom stereocenters. The molecule has 0 amide bonds. The molecule has 1 aromatic carbocycles. The molecule has 2 nitrogen and oxygen atoms in total. The molecule has 0 bridgehead atoms. The third-order valence-electron chi connectivity index (χ3n) is 3.76. The summed E-state index contributed by atoms with van der Waals surface area (Å²) < 4.78 is 37.4. The number of rotatable bonds is 3. The van der Waals surface area contributed by atoms with E-state index in [1.165, 1.54) is 12.1 Å². The number of hydrogen-bond donors (Lipinski definition) is 2. The molecule has 1 aliphatic rings. The van der Waals surface area contributed by atoms with Gasteiger partial charge in [-0.05, 0) is 43.5 Å². The summed E-state index contributed by atoms with van der Waals surface area (Å²) in [7, 11) is 0. The summed E-state index contributed by atoms with van der Waals surface area (Å²) in [5.41, 5.74) is -0.0281. The molecule has 2 N–H and O–H groups in total. The first-order valence-electron chi connectivity index (χ1n) is 6.43. The van der Waals surface area contributed by atoms with Crippen molar-refractivity contribution < 1.29 is 18.3 Å². The van der Waals surface area contributed by atoms with Crippen molar-refractivity contribution in [3.05, 3.63) is 35.4 Å². The Kier molecular flexibility index (Phi) is 4.16. The van der Waals surface area contributed by atoms with E-state index in [1.807, 2.05) is 0 Å². The van der Waals surface area contributed by atoms with Crippen molar-refractivity contribution in [1.29, 1.82) is 0 Å². The van der Waals surface area contributed by atoms with E-state index in [0.717, 1.165) is 37.1 Å². The van der Waals surface area contributed by atoms with E-state index in [1.54, 1.807) is 0 Å². The molecule has 0 radical (unpaired) electrons. The Hall–Kier alpha value is -1.07. The third-order valence-corrected chi connectivity index (χ3v) is 3.76. The van der Waals surface area contributed by atoms with Crippen LogP contribution in [-0.2, 0) is 12.6 Å². The lowest BCUT2D eigenvalue weighted by Crippen LogP contribution is -2.44. The van der Waals surface area contributed by atoms with Gasteiger partial charge in [-0.2, -0.15) is 13.2 Å².